The molecule has 2 N–H and O–H groups in total. The van der Waals surface area contributed by atoms with Crippen molar-refractivity contribution in [3.8, 4) is 0 Å². The molecule has 0 aromatic carbocycles. The average molecular weight is 451 g/mol. The third-order valence-electron chi connectivity index (χ3n) is 4.02. The zero-order valence-corrected chi connectivity index (χ0v) is 17.5. The number of nitrogens with zero attached hydrogens (tertiary/aromatic N) is 3. The van der Waals surface area contributed by atoms with E-state index in [0.717, 1.165) is 30.8 Å². The molecule has 0 bridgehead atoms. The summed E-state index contributed by atoms with van der Waals surface area (Å²) in [5.74, 6) is 1.43. The first kappa shape index (κ1) is 20.6. The number of rotatable bonds is 7. The summed E-state index contributed by atoms with van der Waals surface area (Å²) in [7, 11) is 0. The molecule has 3 unspecified atom stereocenters. The second-order valence-corrected chi connectivity index (χ2v) is 7.20. The quantitative estimate of drug-likeness (QED) is 0.380. The molecule has 1 heterocycles. The van der Waals surface area contributed by atoms with E-state index in [2.05, 4.69) is 35.8 Å². The van der Waals surface area contributed by atoms with Gasteiger partial charge in [0.15, 0.2) is 5.96 Å². The van der Waals surface area contributed by atoms with E-state index < -0.39 is 0 Å². The van der Waals surface area contributed by atoms with Gasteiger partial charge in [0.1, 0.15) is 0 Å². The summed E-state index contributed by atoms with van der Waals surface area (Å²) in [6.07, 6.45) is 9.85. The fourth-order valence-corrected chi connectivity index (χ4v) is 3.63. The molecule has 0 aliphatic heterocycles. The Morgan fingerprint density at radius 1 is 1.48 bits per heavy atom. The Morgan fingerprint density at radius 2 is 2.30 bits per heavy atom. The molecular weight excluding hydrogens is 421 g/mol. The zero-order valence-electron chi connectivity index (χ0n) is 14.4. The predicted octanol–water partition coefficient (Wildman–Crippen LogP) is 2.98. The number of halogens is 1. The van der Waals surface area contributed by atoms with E-state index in [4.69, 9.17) is 4.99 Å². The molecule has 1 saturated carbocycles. The molecule has 0 radical (unpaired) electrons. The van der Waals surface area contributed by atoms with Crippen LogP contribution in [0.2, 0.25) is 0 Å². The number of guanidine groups is 1. The van der Waals surface area contributed by atoms with Gasteiger partial charge in [-0.25, -0.2) is 0 Å². The van der Waals surface area contributed by atoms with Crippen molar-refractivity contribution in [2.75, 3.05) is 19.3 Å². The van der Waals surface area contributed by atoms with Crippen molar-refractivity contribution in [1.29, 1.82) is 0 Å². The van der Waals surface area contributed by atoms with E-state index in [1.54, 1.807) is 0 Å². The van der Waals surface area contributed by atoms with Gasteiger partial charge in [-0.1, -0.05) is 6.92 Å². The topological polar surface area (TPSA) is 54.2 Å². The fraction of sp³-hybridized carbons (Fsp3) is 0.750. The standard InChI is InChI=1S/C16H29N5S.HI/c1-4-17-16(20-14-6-7-15(10-14)22-3)18-11-13(2)12-21-9-5-8-19-21;/h5,8-9,13-15H,4,6-7,10-12H2,1-3H3,(H2,17,18,20);1H. The number of hydrogen-bond acceptors (Lipinski definition) is 3. The van der Waals surface area contributed by atoms with Crippen LogP contribution in [-0.2, 0) is 6.54 Å². The highest BCUT2D eigenvalue weighted by Crippen LogP contribution is 2.27. The number of thioether (sulfide) groups is 1. The minimum absolute atomic E-state index is 0. The molecule has 1 aromatic rings. The van der Waals surface area contributed by atoms with Gasteiger partial charge in [-0.3, -0.25) is 9.67 Å². The molecule has 1 aliphatic carbocycles. The van der Waals surface area contributed by atoms with Crippen LogP contribution in [0.15, 0.2) is 23.5 Å². The largest absolute Gasteiger partial charge is 0.357 e. The van der Waals surface area contributed by atoms with E-state index in [1.165, 1.54) is 19.3 Å². The first-order chi connectivity index (χ1) is 10.7. The maximum absolute atomic E-state index is 4.75. The van der Waals surface area contributed by atoms with Crippen molar-refractivity contribution in [3.05, 3.63) is 18.5 Å². The van der Waals surface area contributed by atoms with Crippen molar-refractivity contribution in [1.82, 2.24) is 20.4 Å². The molecule has 1 aliphatic rings. The molecule has 2 rings (SSSR count). The summed E-state index contributed by atoms with van der Waals surface area (Å²) in [6, 6.07) is 2.53. The van der Waals surface area contributed by atoms with Gasteiger partial charge in [0.05, 0.1) is 0 Å². The Labute approximate surface area is 161 Å². The Balaban J connectivity index is 0.00000264. The van der Waals surface area contributed by atoms with Crippen molar-refractivity contribution < 1.29 is 0 Å². The maximum Gasteiger partial charge on any atom is 0.191 e. The smallest absolute Gasteiger partial charge is 0.191 e. The van der Waals surface area contributed by atoms with E-state index in [9.17, 15) is 0 Å². The molecule has 3 atom stereocenters. The van der Waals surface area contributed by atoms with Gasteiger partial charge in [0.25, 0.3) is 0 Å². The lowest BCUT2D eigenvalue weighted by Gasteiger charge is -2.18. The van der Waals surface area contributed by atoms with Crippen molar-refractivity contribution in [3.63, 3.8) is 0 Å². The summed E-state index contributed by atoms with van der Waals surface area (Å²) in [5, 5.41) is 12.0. The van der Waals surface area contributed by atoms with Crippen LogP contribution < -0.4 is 10.6 Å². The van der Waals surface area contributed by atoms with Crippen LogP contribution in [0.1, 0.15) is 33.1 Å². The van der Waals surface area contributed by atoms with E-state index in [-0.39, 0.29) is 24.0 Å². The van der Waals surface area contributed by atoms with Crippen LogP contribution >= 0.6 is 35.7 Å². The fourth-order valence-electron chi connectivity index (χ4n) is 2.83. The second kappa shape index (κ2) is 11.2. The van der Waals surface area contributed by atoms with Gasteiger partial charge >= 0.3 is 0 Å². The molecule has 132 valence electrons. The predicted molar refractivity (Wildman–Crippen MR) is 111 cm³/mol. The van der Waals surface area contributed by atoms with Crippen molar-refractivity contribution in [2.45, 2.75) is 50.9 Å². The highest BCUT2D eigenvalue weighted by molar-refractivity contribution is 14.0. The van der Waals surface area contributed by atoms with Crippen LogP contribution in [0, 0.1) is 5.92 Å². The Hall–Kier alpha value is -0.440. The average Bonchev–Trinajstić information content (AvgIpc) is 3.16. The first-order valence-electron chi connectivity index (χ1n) is 8.26. The molecule has 1 aromatic heterocycles. The minimum Gasteiger partial charge on any atom is -0.357 e. The van der Waals surface area contributed by atoms with E-state index in [0.29, 0.717) is 12.0 Å². The molecule has 0 saturated heterocycles. The monoisotopic (exact) mass is 451 g/mol. The molecule has 0 spiro atoms. The van der Waals surface area contributed by atoms with Gasteiger partial charge in [0, 0.05) is 43.3 Å². The van der Waals surface area contributed by atoms with Gasteiger partial charge in [0.2, 0.25) is 0 Å². The van der Waals surface area contributed by atoms with Crippen LogP contribution in [0.5, 0.6) is 0 Å². The van der Waals surface area contributed by atoms with E-state index in [1.807, 2.05) is 34.9 Å². The van der Waals surface area contributed by atoms with Crippen LogP contribution in [0.4, 0.5) is 0 Å². The van der Waals surface area contributed by atoms with Gasteiger partial charge in [-0.2, -0.15) is 16.9 Å². The Bertz CT molecular complexity index is 451. The molecular formula is C16H30IN5S. The zero-order chi connectivity index (χ0) is 15.8. The third kappa shape index (κ3) is 7.32. The van der Waals surface area contributed by atoms with Gasteiger partial charge < -0.3 is 10.6 Å². The summed E-state index contributed by atoms with van der Waals surface area (Å²) in [6.45, 7) is 6.96. The van der Waals surface area contributed by atoms with Crippen molar-refractivity contribution >= 4 is 41.7 Å². The summed E-state index contributed by atoms with van der Waals surface area (Å²) < 4.78 is 1.97. The summed E-state index contributed by atoms with van der Waals surface area (Å²) in [5.41, 5.74) is 0. The van der Waals surface area contributed by atoms with Crippen LogP contribution in [0.25, 0.3) is 0 Å². The second-order valence-electron chi connectivity index (χ2n) is 6.06. The van der Waals surface area contributed by atoms with Crippen molar-refractivity contribution in [2.24, 2.45) is 10.9 Å². The van der Waals surface area contributed by atoms with Gasteiger partial charge in [-0.05, 0) is 44.4 Å². The van der Waals surface area contributed by atoms with Gasteiger partial charge in [-0.15, -0.1) is 24.0 Å². The lowest BCUT2D eigenvalue weighted by atomic mass is 10.2. The number of aliphatic imine (C=N–C) groups is 1. The lowest BCUT2D eigenvalue weighted by Crippen LogP contribution is -2.42. The summed E-state index contributed by atoms with van der Waals surface area (Å²) in [4.78, 5) is 4.75. The molecule has 23 heavy (non-hydrogen) atoms. The minimum atomic E-state index is 0. The van der Waals surface area contributed by atoms with Crippen LogP contribution in [0.3, 0.4) is 0 Å². The summed E-state index contributed by atoms with van der Waals surface area (Å²) >= 11 is 1.99. The number of nitrogens with one attached hydrogen (secondary N) is 2. The Morgan fingerprint density at radius 3 is 2.91 bits per heavy atom. The maximum atomic E-state index is 4.75. The Kier molecular flexibility index (Phi) is 10.0. The molecule has 5 nitrogen and oxygen atoms in total. The molecule has 7 heteroatoms. The normalized spacial score (nSPS) is 22.5. The van der Waals surface area contributed by atoms with E-state index >= 15 is 0 Å². The number of aromatic nitrogens is 2. The molecule has 0 amide bonds. The highest BCUT2D eigenvalue weighted by atomic mass is 127. The highest BCUT2D eigenvalue weighted by Gasteiger charge is 2.24. The SMILES string of the molecule is CCNC(=NCC(C)Cn1cccn1)NC1CCC(SC)C1.I. The molecule has 1 fully saturated rings. The lowest BCUT2D eigenvalue weighted by molar-refractivity contribution is 0.457. The first-order valence-corrected chi connectivity index (χ1v) is 9.55. The van der Waals surface area contributed by atoms with Crippen LogP contribution in [-0.4, -0.2) is 46.4 Å². The third-order valence-corrected chi connectivity index (χ3v) is 5.12. The number of hydrogen-bond donors (Lipinski definition) is 2.